The molecule has 0 aliphatic carbocycles. The molecule has 9 heteroatoms. The van der Waals surface area contributed by atoms with Gasteiger partial charge in [0.25, 0.3) is 5.91 Å². The van der Waals surface area contributed by atoms with E-state index >= 15 is 0 Å². The Morgan fingerprint density at radius 1 is 0.509 bits per heavy atom. The molecule has 6 rings (SSSR count). The van der Waals surface area contributed by atoms with Crippen molar-refractivity contribution in [3.63, 3.8) is 0 Å². The van der Waals surface area contributed by atoms with Gasteiger partial charge in [-0.05, 0) is 33.4 Å². The first-order chi connectivity index (χ1) is 26.9. The van der Waals surface area contributed by atoms with Gasteiger partial charge >= 0.3 is 6.09 Å². The van der Waals surface area contributed by atoms with Crippen LogP contribution in [0.5, 0.6) is 0 Å². The highest BCUT2D eigenvalue weighted by atomic mass is 32.2. The summed E-state index contributed by atoms with van der Waals surface area (Å²) >= 11 is 3.00. The number of primary amides is 1. The zero-order valence-electron chi connectivity index (χ0n) is 30.4. The number of ether oxygens (including phenoxy) is 1. The number of rotatable bonds is 16. The van der Waals surface area contributed by atoms with Crippen LogP contribution in [0.2, 0.25) is 0 Å². The van der Waals surface area contributed by atoms with Gasteiger partial charge in [0.1, 0.15) is 6.04 Å². The molecule has 2 atom stereocenters. The van der Waals surface area contributed by atoms with Crippen molar-refractivity contribution in [2.24, 2.45) is 5.73 Å². The molecule has 3 amide bonds. The van der Waals surface area contributed by atoms with E-state index in [9.17, 15) is 14.4 Å². The minimum absolute atomic E-state index is 0.0308. The fraction of sp³-hybridized carbons (Fsp3) is 0.152. The predicted molar refractivity (Wildman–Crippen MR) is 224 cm³/mol. The lowest BCUT2D eigenvalue weighted by Crippen LogP contribution is -2.52. The van der Waals surface area contributed by atoms with Crippen molar-refractivity contribution in [1.82, 2.24) is 10.6 Å². The van der Waals surface area contributed by atoms with E-state index in [1.165, 1.54) is 18.8 Å². The van der Waals surface area contributed by atoms with Crippen LogP contribution in [0.3, 0.4) is 0 Å². The Bertz CT molecular complexity index is 1930. The Balaban J connectivity index is 1.34. The van der Waals surface area contributed by atoms with E-state index in [1.54, 1.807) is 11.8 Å². The third-order valence-corrected chi connectivity index (χ3v) is 12.7. The highest BCUT2D eigenvalue weighted by molar-refractivity contribution is 8.01. The van der Waals surface area contributed by atoms with E-state index in [0.717, 1.165) is 33.4 Å². The molecule has 4 N–H and O–H groups in total. The molecule has 6 aromatic carbocycles. The smallest absolute Gasteiger partial charge is 0.405 e. The summed E-state index contributed by atoms with van der Waals surface area (Å²) in [5.41, 5.74) is 11.6. The molecule has 0 aromatic heterocycles. The lowest BCUT2D eigenvalue weighted by molar-refractivity contribution is -0.132. The number of benzene rings is 6. The number of thioether (sulfide) groups is 2. The van der Waals surface area contributed by atoms with E-state index in [1.807, 2.05) is 146 Å². The molecule has 2 unspecified atom stereocenters. The van der Waals surface area contributed by atoms with Gasteiger partial charge in [-0.15, -0.1) is 23.5 Å². The van der Waals surface area contributed by atoms with Crippen LogP contribution in [-0.2, 0) is 23.8 Å². The lowest BCUT2D eigenvalue weighted by atomic mass is 9.84. The highest BCUT2D eigenvalue weighted by Gasteiger charge is 2.41. The van der Waals surface area contributed by atoms with Gasteiger partial charge in [-0.25, -0.2) is 4.79 Å². The van der Waals surface area contributed by atoms with Gasteiger partial charge in [0, 0.05) is 18.6 Å². The minimum Gasteiger partial charge on any atom is -0.435 e. The van der Waals surface area contributed by atoms with Crippen LogP contribution in [0.25, 0.3) is 0 Å². The molecule has 0 fully saturated rings. The Morgan fingerprint density at radius 2 is 0.800 bits per heavy atom. The molecule has 0 radical (unpaired) electrons. The first-order valence-electron chi connectivity index (χ1n) is 18.0. The second kappa shape index (κ2) is 18.5. The van der Waals surface area contributed by atoms with Crippen molar-refractivity contribution in [3.8, 4) is 0 Å². The Labute approximate surface area is 331 Å². The molecule has 0 aliphatic heterocycles. The molecule has 0 aliphatic rings. The van der Waals surface area contributed by atoms with Crippen LogP contribution in [0, 0.1) is 0 Å². The maximum absolute atomic E-state index is 14.3. The summed E-state index contributed by atoms with van der Waals surface area (Å²) in [6, 6.07) is 59.4. The van der Waals surface area contributed by atoms with Crippen LogP contribution in [0.1, 0.15) is 33.4 Å². The molecule has 0 saturated heterocycles. The average molecular weight is 766 g/mol. The fourth-order valence-corrected chi connectivity index (χ4v) is 9.96. The van der Waals surface area contributed by atoms with Crippen LogP contribution in [0.15, 0.2) is 182 Å². The molecule has 0 saturated carbocycles. The number of hydrogen-bond donors (Lipinski definition) is 3. The Hall–Kier alpha value is -5.77. The maximum atomic E-state index is 14.3. The Kier molecular flexibility index (Phi) is 13.1. The molecular formula is C46H43N3O4S2. The average Bonchev–Trinajstić information content (AvgIpc) is 3.25. The molecule has 0 bridgehead atoms. The van der Waals surface area contributed by atoms with Crippen LogP contribution < -0.4 is 16.4 Å². The van der Waals surface area contributed by atoms with Gasteiger partial charge in [0.2, 0.25) is 5.91 Å². The first kappa shape index (κ1) is 38.9. The zero-order chi connectivity index (χ0) is 38.5. The van der Waals surface area contributed by atoms with Crippen molar-refractivity contribution >= 4 is 41.4 Å². The van der Waals surface area contributed by atoms with Crippen molar-refractivity contribution in [2.75, 3.05) is 18.6 Å². The zero-order valence-corrected chi connectivity index (χ0v) is 32.0. The predicted octanol–water partition coefficient (Wildman–Crippen LogP) is 8.13. The number of nitrogens with one attached hydrogen (secondary N) is 2. The number of carbonyl (C=O) groups excluding carboxylic acids is 3. The summed E-state index contributed by atoms with van der Waals surface area (Å²) in [4.78, 5) is 40.3. The third-order valence-electron chi connectivity index (χ3n) is 9.43. The van der Waals surface area contributed by atoms with Crippen molar-refractivity contribution < 1.29 is 19.1 Å². The molecule has 55 heavy (non-hydrogen) atoms. The summed E-state index contributed by atoms with van der Waals surface area (Å²) in [5.74, 6) is -0.805. The largest absolute Gasteiger partial charge is 0.435 e. The number of likely N-dealkylation sites (N-methyl/N-ethyl adjacent to an activating group) is 1. The summed E-state index contributed by atoms with van der Waals surface area (Å²) in [5, 5.41) is 5.66. The van der Waals surface area contributed by atoms with Crippen LogP contribution in [-0.4, -0.2) is 48.6 Å². The summed E-state index contributed by atoms with van der Waals surface area (Å²) in [7, 11) is 1.53. The molecular weight excluding hydrogens is 723 g/mol. The van der Waals surface area contributed by atoms with Crippen LogP contribution in [0.4, 0.5) is 4.79 Å². The summed E-state index contributed by atoms with van der Waals surface area (Å²) in [6.45, 7) is 0. The summed E-state index contributed by atoms with van der Waals surface area (Å²) in [6.07, 6.45) is -2.41. The minimum atomic E-state index is -1.32. The molecule has 7 nitrogen and oxygen atoms in total. The second-order valence-corrected chi connectivity index (χ2v) is 15.3. The molecule has 0 heterocycles. The Morgan fingerprint density at radius 3 is 1.07 bits per heavy atom. The quantitative estimate of drug-likeness (QED) is 0.0859. The van der Waals surface area contributed by atoms with Gasteiger partial charge < -0.3 is 21.1 Å². The van der Waals surface area contributed by atoms with Crippen molar-refractivity contribution in [3.05, 3.63) is 215 Å². The van der Waals surface area contributed by atoms with Gasteiger partial charge in [-0.2, -0.15) is 0 Å². The van der Waals surface area contributed by atoms with Crippen LogP contribution >= 0.6 is 23.5 Å². The van der Waals surface area contributed by atoms with Gasteiger partial charge in [-0.1, -0.05) is 182 Å². The topological polar surface area (TPSA) is 111 Å². The fourth-order valence-electron chi connectivity index (χ4n) is 6.87. The van der Waals surface area contributed by atoms with E-state index in [-0.39, 0.29) is 17.4 Å². The van der Waals surface area contributed by atoms with Gasteiger partial charge in [-0.3, -0.25) is 9.59 Å². The third kappa shape index (κ3) is 8.80. The monoisotopic (exact) mass is 765 g/mol. The number of nitrogens with two attached hydrogens (primary N) is 1. The van der Waals surface area contributed by atoms with E-state index in [0.29, 0.717) is 0 Å². The standard InChI is InChI=1S/C46H43N3O4S2/c1-48-42(50)40(32-54-45(34-20-8-2-9-21-34,35-22-10-3-11-23-35)36-24-12-4-13-25-36)49-43(51)41(53-44(47)52)33-55-46(37-26-14-5-15-27-37,38-28-16-6-17-29-38)39-30-18-7-19-31-39/h2-31,40-41H,32-33H2,1H3,(H2,47,52)(H,48,50)(H,49,51). The van der Waals surface area contributed by atoms with Gasteiger partial charge in [0.15, 0.2) is 6.10 Å². The van der Waals surface area contributed by atoms with E-state index in [4.69, 9.17) is 10.5 Å². The maximum Gasteiger partial charge on any atom is 0.405 e. The number of carbonyl (C=O) groups is 3. The first-order valence-corrected chi connectivity index (χ1v) is 19.9. The summed E-state index contributed by atoms with van der Waals surface area (Å²) < 4.78 is 4.02. The molecule has 0 spiro atoms. The normalized spacial score (nSPS) is 12.5. The molecule has 278 valence electrons. The van der Waals surface area contributed by atoms with E-state index < -0.39 is 33.6 Å². The highest BCUT2D eigenvalue weighted by Crippen LogP contribution is 2.50. The van der Waals surface area contributed by atoms with Gasteiger partial charge in [0.05, 0.1) is 9.49 Å². The van der Waals surface area contributed by atoms with Crippen molar-refractivity contribution in [1.29, 1.82) is 0 Å². The SMILES string of the molecule is CNC(=O)C(CSC(c1ccccc1)(c1ccccc1)c1ccccc1)NC(=O)C(CSC(c1ccccc1)(c1ccccc1)c1ccccc1)OC(N)=O. The number of hydrogen-bond acceptors (Lipinski definition) is 6. The molecule has 6 aromatic rings. The second-order valence-electron chi connectivity index (χ2n) is 12.8. The lowest BCUT2D eigenvalue weighted by Gasteiger charge is -2.37. The van der Waals surface area contributed by atoms with E-state index in [2.05, 4.69) is 47.0 Å². The van der Waals surface area contributed by atoms with Crippen molar-refractivity contribution in [2.45, 2.75) is 21.6 Å². The number of amides is 3.